The zero-order chi connectivity index (χ0) is 17.3. The van der Waals surface area contributed by atoms with E-state index >= 15 is 0 Å². The molecule has 1 N–H and O–H groups in total. The molecule has 1 aromatic rings. The number of halogens is 1. The van der Waals surface area contributed by atoms with Crippen molar-refractivity contribution in [2.45, 2.75) is 24.2 Å². The summed E-state index contributed by atoms with van der Waals surface area (Å²) in [6.07, 6.45) is 2.74. The molecule has 0 spiro atoms. The van der Waals surface area contributed by atoms with Gasteiger partial charge in [-0.05, 0) is 61.3 Å². The summed E-state index contributed by atoms with van der Waals surface area (Å²) in [6, 6.07) is 6.67. The maximum absolute atomic E-state index is 13.0. The first-order valence-electron chi connectivity index (χ1n) is 8.05. The molecular weight excluding hydrogens is 331 g/mol. The number of rotatable bonds is 5. The van der Waals surface area contributed by atoms with Crippen LogP contribution in [-0.4, -0.2) is 26.6 Å². The zero-order valence-corrected chi connectivity index (χ0v) is 13.9. The monoisotopic (exact) mass is 350 g/mol. The van der Waals surface area contributed by atoms with Crippen LogP contribution in [0.2, 0.25) is 0 Å². The Morgan fingerprint density at radius 3 is 2.58 bits per heavy atom. The lowest BCUT2D eigenvalue weighted by Gasteiger charge is -2.29. The minimum absolute atomic E-state index is 0.0653. The molecule has 4 atom stereocenters. The number of nitriles is 1. The molecule has 1 aromatic carbocycles. The summed E-state index contributed by atoms with van der Waals surface area (Å²) in [5, 5.41) is 11.2. The molecule has 0 saturated heterocycles. The first kappa shape index (κ1) is 16.9. The van der Waals surface area contributed by atoms with E-state index in [9.17, 15) is 17.6 Å². The molecule has 128 valence electrons. The summed E-state index contributed by atoms with van der Waals surface area (Å²) in [5.74, 6) is -0.981. The number of nitrogens with zero attached hydrogens (tertiary/aromatic N) is 1. The van der Waals surface area contributed by atoms with E-state index < -0.39 is 15.7 Å². The van der Waals surface area contributed by atoms with Gasteiger partial charge in [-0.15, -0.1) is 0 Å². The number of carbonyl (C=O) groups is 1. The number of fused-ring (bicyclic) bond motifs is 2. The highest BCUT2D eigenvalue weighted by Gasteiger charge is 2.51. The molecule has 3 rings (SSSR count). The van der Waals surface area contributed by atoms with Crippen molar-refractivity contribution in [1.82, 2.24) is 5.32 Å². The fourth-order valence-corrected chi connectivity index (χ4v) is 6.02. The standard InChI is InChI=1S/C17H19FN2O3S/c18-13-3-5-14(6-4-13)24(22,23)10-15-11-1-2-12(9-11)16(15)17(21)20-8-7-19/h3-6,11-12,15-16H,1-2,8-10H2,(H,20,21). The van der Waals surface area contributed by atoms with Crippen LogP contribution in [0, 0.1) is 40.8 Å². The van der Waals surface area contributed by atoms with E-state index in [0.717, 1.165) is 31.4 Å². The number of nitrogens with one attached hydrogen (secondary N) is 1. The van der Waals surface area contributed by atoms with Gasteiger partial charge in [-0.1, -0.05) is 0 Å². The fraction of sp³-hybridized carbons (Fsp3) is 0.529. The highest BCUT2D eigenvalue weighted by atomic mass is 32.2. The quantitative estimate of drug-likeness (QED) is 0.649. The van der Waals surface area contributed by atoms with Crippen molar-refractivity contribution in [2.75, 3.05) is 12.3 Å². The van der Waals surface area contributed by atoms with Gasteiger partial charge in [-0.25, -0.2) is 12.8 Å². The lowest BCUT2D eigenvalue weighted by molar-refractivity contribution is -0.127. The summed E-state index contributed by atoms with van der Waals surface area (Å²) < 4.78 is 38.3. The van der Waals surface area contributed by atoms with Crippen LogP contribution in [0.3, 0.4) is 0 Å². The molecule has 2 fully saturated rings. The van der Waals surface area contributed by atoms with Crippen molar-refractivity contribution in [3.8, 4) is 6.07 Å². The average molecular weight is 350 g/mol. The average Bonchev–Trinajstić information content (AvgIpc) is 3.14. The zero-order valence-electron chi connectivity index (χ0n) is 13.1. The topological polar surface area (TPSA) is 87.0 Å². The number of carbonyl (C=O) groups excluding carboxylic acids is 1. The summed E-state index contributed by atoms with van der Waals surface area (Å²) in [5.41, 5.74) is 0. The SMILES string of the molecule is N#CCNC(=O)C1C2CCC(C2)C1CS(=O)(=O)c1ccc(F)cc1. The second-order valence-electron chi connectivity index (χ2n) is 6.63. The van der Waals surface area contributed by atoms with Crippen LogP contribution in [0.1, 0.15) is 19.3 Å². The van der Waals surface area contributed by atoms with Crippen molar-refractivity contribution < 1.29 is 17.6 Å². The van der Waals surface area contributed by atoms with Gasteiger partial charge in [0.05, 0.1) is 16.7 Å². The maximum atomic E-state index is 13.0. The van der Waals surface area contributed by atoms with E-state index in [2.05, 4.69) is 5.32 Å². The van der Waals surface area contributed by atoms with Gasteiger partial charge < -0.3 is 5.32 Å². The van der Waals surface area contributed by atoms with E-state index in [1.807, 2.05) is 6.07 Å². The van der Waals surface area contributed by atoms with Crippen LogP contribution < -0.4 is 5.32 Å². The molecule has 4 unspecified atom stereocenters. The van der Waals surface area contributed by atoms with E-state index in [1.165, 1.54) is 12.1 Å². The summed E-state index contributed by atoms with van der Waals surface area (Å²) in [4.78, 5) is 12.5. The molecule has 0 radical (unpaired) electrons. The molecule has 24 heavy (non-hydrogen) atoms. The molecule has 2 aliphatic rings. The van der Waals surface area contributed by atoms with E-state index in [4.69, 9.17) is 5.26 Å². The minimum Gasteiger partial charge on any atom is -0.343 e. The van der Waals surface area contributed by atoms with Gasteiger partial charge in [-0.3, -0.25) is 4.79 Å². The predicted molar refractivity (Wildman–Crippen MR) is 84.9 cm³/mol. The van der Waals surface area contributed by atoms with Crippen molar-refractivity contribution in [3.63, 3.8) is 0 Å². The van der Waals surface area contributed by atoms with Gasteiger partial charge in [-0.2, -0.15) is 5.26 Å². The van der Waals surface area contributed by atoms with Crippen LogP contribution in [-0.2, 0) is 14.6 Å². The van der Waals surface area contributed by atoms with Gasteiger partial charge in [0.2, 0.25) is 5.91 Å². The minimum atomic E-state index is -3.58. The van der Waals surface area contributed by atoms with Crippen LogP contribution in [0.15, 0.2) is 29.2 Å². The van der Waals surface area contributed by atoms with Gasteiger partial charge in [0.15, 0.2) is 9.84 Å². The Kier molecular flexibility index (Phi) is 4.59. The highest BCUT2D eigenvalue weighted by Crippen LogP contribution is 2.53. The van der Waals surface area contributed by atoms with E-state index in [-0.39, 0.29) is 46.8 Å². The van der Waals surface area contributed by atoms with E-state index in [0.29, 0.717) is 0 Å². The predicted octanol–water partition coefficient (Wildman–Crippen LogP) is 1.90. The second-order valence-corrected chi connectivity index (χ2v) is 8.67. The molecule has 7 heteroatoms. The third-order valence-electron chi connectivity index (χ3n) is 5.32. The number of benzene rings is 1. The fourth-order valence-electron chi connectivity index (χ4n) is 4.29. The Labute approximate surface area is 140 Å². The van der Waals surface area contributed by atoms with Crippen molar-refractivity contribution in [1.29, 1.82) is 5.26 Å². The molecule has 2 saturated carbocycles. The first-order valence-corrected chi connectivity index (χ1v) is 9.70. The van der Waals surface area contributed by atoms with Gasteiger partial charge in [0.1, 0.15) is 12.4 Å². The van der Waals surface area contributed by atoms with Crippen LogP contribution in [0.4, 0.5) is 4.39 Å². The number of hydrogen-bond donors (Lipinski definition) is 1. The normalized spacial score (nSPS) is 28.5. The molecule has 1 amide bonds. The van der Waals surface area contributed by atoms with Crippen LogP contribution >= 0.6 is 0 Å². The smallest absolute Gasteiger partial charge is 0.224 e. The summed E-state index contributed by atoms with van der Waals surface area (Å²) in [6.45, 7) is -0.0653. The van der Waals surface area contributed by atoms with Crippen molar-refractivity contribution >= 4 is 15.7 Å². The lowest BCUT2D eigenvalue weighted by atomic mass is 9.80. The first-order chi connectivity index (χ1) is 11.4. The number of hydrogen-bond acceptors (Lipinski definition) is 4. The molecule has 5 nitrogen and oxygen atoms in total. The number of amides is 1. The third kappa shape index (κ3) is 3.16. The van der Waals surface area contributed by atoms with Crippen LogP contribution in [0.5, 0.6) is 0 Å². The van der Waals surface area contributed by atoms with Crippen molar-refractivity contribution in [2.24, 2.45) is 23.7 Å². The molecule has 0 heterocycles. The Morgan fingerprint density at radius 2 is 1.92 bits per heavy atom. The molecular formula is C17H19FN2O3S. The Balaban J connectivity index is 1.80. The van der Waals surface area contributed by atoms with Crippen LogP contribution in [0.25, 0.3) is 0 Å². The molecule has 2 aliphatic carbocycles. The maximum Gasteiger partial charge on any atom is 0.224 e. The number of sulfone groups is 1. The van der Waals surface area contributed by atoms with Crippen molar-refractivity contribution in [3.05, 3.63) is 30.1 Å². The lowest BCUT2D eigenvalue weighted by Crippen LogP contribution is -2.40. The molecule has 0 aromatic heterocycles. The summed E-state index contributed by atoms with van der Waals surface area (Å²) in [7, 11) is -3.58. The Hall–Kier alpha value is -1.94. The Morgan fingerprint density at radius 1 is 1.25 bits per heavy atom. The Bertz CT molecular complexity index is 770. The highest BCUT2D eigenvalue weighted by molar-refractivity contribution is 7.91. The second kappa shape index (κ2) is 6.52. The van der Waals surface area contributed by atoms with Gasteiger partial charge >= 0.3 is 0 Å². The van der Waals surface area contributed by atoms with E-state index in [1.54, 1.807) is 0 Å². The van der Waals surface area contributed by atoms with Gasteiger partial charge in [0.25, 0.3) is 0 Å². The molecule has 0 aliphatic heterocycles. The molecule has 2 bridgehead atoms. The van der Waals surface area contributed by atoms with Gasteiger partial charge in [0, 0.05) is 5.92 Å². The largest absolute Gasteiger partial charge is 0.343 e. The summed E-state index contributed by atoms with van der Waals surface area (Å²) >= 11 is 0. The third-order valence-corrected chi connectivity index (χ3v) is 7.13.